The first-order chi connectivity index (χ1) is 7.36. The summed E-state index contributed by atoms with van der Waals surface area (Å²) in [7, 11) is 0. The first-order valence-corrected chi connectivity index (χ1v) is 5.20. The van der Waals surface area contributed by atoms with Gasteiger partial charge in [-0.1, -0.05) is 18.2 Å². The van der Waals surface area contributed by atoms with E-state index in [-0.39, 0.29) is 5.97 Å². The topological polar surface area (TPSA) is 29.3 Å². The van der Waals surface area contributed by atoms with Crippen LogP contribution >= 0.6 is 0 Å². The van der Waals surface area contributed by atoms with Crippen molar-refractivity contribution in [2.24, 2.45) is 0 Å². The zero-order valence-electron chi connectivity index (χ0n) is 8.56. The lowest BCUT2D eigenvalue weighted by Gasteiger charge is -1.97. The number of carbonyl (C=O) groups is 1. The second kappa shape index (κ2) is 4.73. The molecule has 1 aromatic rings. The van der Waals surface area contributed by atoms with Crippen LogP contribution in [0, 0.1) is 0 Å². The van der Waals surface area contributed by atoms with Gasteiger partial charge in [-0.25, -0.2) is 9.37 Å². The molecule has 3 heteroatoms. The molecule has 0 radical (unpaired) electrons. The fourth-order valence-electron chi connectivity index (χ4n) is 1.61. The van der Waals surface area contributed by atoms with Gasteiger partial charge in [0.2, 0.25) is 0 Å². The van der Waals surface area contributed by atoms with Crippen molar-refractivity contribution in [3.63, 3.8) is 0 Å². The Bertz CT molecular complexity index is 362. The van der Waals surface area contributed by atoms with Crippen molar-refractivity contribution in [2.75, 3.05) is 13.1 Å². The van der Waals surface area contributed by atoms with E-state index >= 15 is 0 Å². The number of esters is 1. The molecule has 0 N–H and O–H groups in total. The highest BCUT2D eigenvalue weighted by Gasteiger charge is 2.14. The quantitative estimate of drug-likeness (QED) is 0.416. The Labute approximate surface area is 89.0 Å². The van der Waals surface area contributed by atoms with Gasteiger partial charge in [0.25, 0.3) is 0 Å². The van der Waals surface area contributed by atoms with Crippen LogP contribution in [0.3, 0.4) is 0 Å². The van der Waals surface area contributed by atoms with Gasteiger partial charge >= 0.3 is 12.4 Å². The lowest BCUT2D eigenvalue weighted by atomic mass is 10.2. The van der Waals surface area contributed by atoms with Crippen LogP contribution in [-0.4, -0.2) is 30.0 Å². The SMILES string of the molecule is O=C(OC=[N+]1CCCC1)c1ccccc1. The molecule has 0 amide bonds. The zero-order chi connectivity index (χ0) is 10.5. The number of hydrogen-bond donors (Lipinski definition) is 0. The molecule has 1 aliphatic rings. The van der Waals surface area contributed by atoms with E-state index in [1.54, 1.807) is 18.5 Å². The Kier molecular flexibility index (Phi) is 3.12. The van der Waals surface area contributed by atoms with Gasteiger partial charge in [-0.05, 0) is 12.1 Å². The van der Waals surface area contributed by atoms with Crippen molar-refractivity contribution in [1.82, 2.24) is 0 Å². The standard InChI is InChI=1S/C12H14NO2/c14-12(11-6-2-1-3-7-11)15-10-13-8-4-5-9-13/h1-3,6-7,10H,4-5,8-9H2/q+1. The summed E-state index contributed by atoms with van der Waals surface area (Å²) in [4.78, 5) is 11.5. The highest BCUT2D eigenvalue weighted by Crippen LogP contribution is 2.02. The molecule has 0 spiro atoms. The third-order valence-corrected chi connectivity index (χ3v) is 2.46. The Morgan fingerprint density at radius 1 is 1.20 bits per heavy atom. The summed E-state index contributed by atoms with van der Waals surface area (Å²) in [5.41, 5.74) is 0.591. The maximum absolute atomic E-state index is 11.5. The van der Waals surface area contributed by atoms with E-state index in [9.17, 15) is 4.79 Å². The first-order valence-electron chi connectivity index (χ1n) is 5.20. The Hall–Kier alpha value is -1.64. The van der Waals surface area contributed by atoms with Gasteiger partial charge < -0.3 is 4.74 Å². The van der Waals surface area contributed by atoms with Crippen molar-refractivity contribution in [3.05, 3.63) is 35.9 Å². The number of nitrogens with zero attached hydrogens (tertiary/aromatic N) is 1. The van der Waals surface area contributed by atoms with Gasteiger partial charge in [-0.2, -0.15) is 0 Å². The molecule has 0 unspecified atom stereocenters. The molecule has 1 aliphatic heterocycles. The molecular formula is C12H14NO2+. The van der Waals surface area contributed by atoms with Gasteiger partial charge in [0.15, 0.2) is 0 Å². The minimum absolute atomic E-state index is 0.289. The summed E-state index contributed by atoms with van der Waals surface area (Å²) in [6.45, 7) is 1.98. The lowest BCUT2D eigenvalue weighted by Crippen LogP contribution is -2.13. The van der Waals surface area contributed by atoms with Gasteiger partial charge in [0.1, 0.15) is 13.1 Å². The number of carbonyl (C=O) groups excluding carboxylic acids is 1. The molecule has 0 atom stereocenters. The number of hydrogen-bond acceptors (Lipinski definition) is 2. The van der Waals surface area contributed by atoms with Gasteiger partial charge in [-0.15, -0.1) is 0 Å². The van der Waals surface area contributed by atoms with Crippen molar-refractivity contribution < 1.29 is 14.1 Å². The third-order valence-electron chi connectivity index (χ3n) is 2.46. The minimum Gasteiger partial charge on any atom is -0.373 e. The maximum atomic E-state index is 11.5. The van der Waals surface area contributed by atoms with E-state index in [2.05, 4.69) is 0 Å². The summed E-state index contributed by atoms with van der Waals surface area (Å²) in [5.74, 6) is -0.289. The average molecular weight is 204 g/mol. The van der Waals surface area contributed by atoms with Crippen molar-refractivity contribution >= 4 is 12.4 Å². The molecule has 3 nitrogen and oxygen atoms in total. The fraction of sp³-hybridized carbons (Fsp3) is 0.333. The second-order valence-electron chi connectivity index (χ2n) is 3.62. The lowest BCUT2D eigenvalue weighted by molar-refractivity contribution is -0.508. The molecule has 0 aliphatic carbocycles. The monoisotopic (exact) mass is 204 g/mol. The second-order valence-corrected chi connectivity index (χ2v) is 3.62. The van der Waals surface area contributed by atoms with Crippen molar-refractivity contribution in [3.8, 4) is 0 Å². The van der Waals surface area contributed by atoms with Crippen LogP contribution in [0.15, 0.2) is 30.3 Å². The number of rotatable bonds is 2. The van der Waals surface area contributed by atoms with Crippen LogP contribution in [0.5, 0.6) is 0 Å². The molecule has 1 fully saturated rings. The predicted octanol–water partition coefficient (Wildman–Crippen LogP) is 1.68. The molecule has 15 heavy (non-hydrogen) atoms. The third kappa shape index (κ3) is 2.65. The largest absolute Gasteiger partial charge is 0.373 e. The summed E-state index contributed by atoms with van der Waals surface area (Å²) >= 11 is 0. The van der Waals surface area contributed by atoms with Gasteiger partial charge in [0, 0.05) is 12.8 Å². The van der Waals surface area contributed by atoms with Crippen LogP contribution in [0.1, 0.15) is 23.2 Å². The number of benzene rings is 1. The number of ether oxygens (including phenoxy) is 1. The van der Waals surface area contributed by atoms with Crippen molar-refractivity contribution in [1.29, 1.82) is 0 Å². The molecule has 78 valence electrons. The van der Waals surface area contributed by atoms with E-state index in [0.29, 0.717) is 5.56 Å². The molecule has 1 aromatic carbocycles. The average Bonchev–Trinajstić information content (AvgIpc) is 2.80. The van der Waals surface area contributed by atoms with Crippen molar-refractivity contribution in [2.45, 2.75) is 12.8 Å². The normalized spacial score (nSPS) is 15.1. The molecular weight excluding hydrogens is 190 g/mol. The van der Waals surface area contributed by atoms with Gasteiger partial charge in [0.05, 0.1) is 5.56 Å². The summed E-state index contributed by atoms with van der Waals surface area (Å²) in [5, 5.41) is 0. The van der Waals surface area contributed by atoms with E-state index in [1.165, 1.54) is 12.8 Å². The molecule has 0 bridgehead atoms. The zero-order valence-corrected chi connectivity index (χ0v) is 8.56. The Morgan fingerprint density at radius 3 is 2.53 bits per heavy atom. The Balaban J connectivity index is 1.95. The molecule has 1 heterocycles. The van der Waals surface area contributed by atoms with Crippen LogP contribution < -0.4 is 0 Å². The molecule has 2 rings (SSSR count). The molecule has 1 saturated heterocycles. The highest BCUT2D eigenvalue weighted by molar-refractivity contribution is 5.92. The minimum atomic E-state index is -0.289. The summed E-state index contributed by atoms with van der Waals surface area (Å²) in [6.07, 6.45) is 3.90. The smallest absolute Gasteiger partial charge is 0.347 e. The molecule has 0 saturated carbocycles. The Morgan fingerprint density at radius 2 is 1.87 bits per heavy atom. The summed E-state index contributed by atoms with van der Waals surface area (Å²) in [6, 6.07) is 9.03. The van der Waals surface area contributed by atoms with Crippen LogP contribution in [0.4, 0.5) is 0 Å². The maximum Gasteiger partial charge on any atom is 0.347 e. The first kappa shape index (κ1) is 9.90. The van der Waals surface area contributed by atoms with E-state index in [1.807, 2.05) is 22.8 Å². The van der Waals surface area contributed by atoms with E-state index < -0.39 is 0 Å². The fourth-order valence-corrected chi connectivity index (χ4v) is 1.61. The molecule has 0 aromatic heterocycles. The van der Waals surface area contributed by atoms with E-state index in [4.69, 9.17) is 4.74 Å². The van der Waals surface area contributed by atoms with E-state index in [0.717, 1.165) is 13.1 Å². The van der Waals surface area contributed by atoms with Gasteiger partial charge in [-0.3, -0.25) is 0 Å². The van der Waals surface area contributed by atoms with Crippen LogP contribution in [-0.2, 0) is 4.74 Å². The van der Waals surface area contributed by atoms with Crippen LogP contribution in [0.2, 0.25) is 0 Å². The predicted molar refractivity (Wildman–Crippen MR) is 57.1 cm³/mol. The highest BCUT2D eigenvalue weighted by atomic mass is 16.5. The van der Waals surface area contributed by atoms with Crippen LogP contribution in [0.25, 0.3) is 0 Å². The summed E-state index contributed by atoms with van der Waals surface area (Å²) < 4.78 is 7.10.